The third-order valence-electron chi connectivity index (χ3n) is 4.79. The van der Waals surface area contributed by atoms with E-state index in [4.69, 9.17) is 32.7 Å². The second kappa shape index (κ2) is 11.4. The highest BCUT2D eigenvalue weighted by molar-refractivity contribution is 7.92. The lowest BCUT2D eigenvalue weighted by Crippen LogP contribution is -2.38. The zero-order chi connectivity index (χ0) is 25.6. The molecular weight excluding hydrogens is 515 g/mol. The van der Waals surface area contributed by atoms with Crippen LogP contribution in [0.1, 0.15) is 17.3 Å². The van der Waals surface area contributed by atoms with Gasteiger partial charge in [0.05, 0.1) is 40.6 Å². The Morgan fingerprint density at radius 2 is 1.71 bits per heavy atom. The van der Waals surface area contributed by atoms with Crippen molar-refractivity contribution < 1.29 is 27.5 Å². The molecule has 0 bridgehead atoms. The maximum absolute atomic E-state index is 13.5. The molecule has 0 saturated carbocycles. The summed E-state index contributed by atoms with van der Waals surface area (Å²) in [6, 6.07) is 16.2. The maximum Gasteiger partial charge on any atom is 0.338 e. The van der Waals surface area contributed by atoms with E-state index in [2.05, 4.69) is 5.32 Å². The molecule has 0 fully saturated rings. The van der Waals surface area contributed by atoms with Gasteiger partial charge in [-0.3, -0.25) is 9.10 Å². The van der Waals surface area contributed by atoms with Gasteiger partial charge in [0.1, 0.15) is 12.3 Å². The summed E-state index contributed by atoms with van der Waals surface area (Å²) in [5.41, 5.74) is 0.627. The van der Waals surface area contributed by atoms with Gasteiger partial charge in [-0.05, 0) is 67.6 Å². The van der Waals surface area contributed by atoms with Crippen LogP contribution in [0.4, 0.5) is 11.4 Å². The number of esters is 1. The van der Waals surface area contributed by atoms with Crippen molar-refractivity contribution in [1.82, 2.24) is 0 Å². The minimum absolute atomic E-state index is 0.0390. The molecule has 184 valence electrons. The van der Waals surface area contributed by atoms with E-state index in [9.17, 15) is 18.0 Å². The summed E-state index contributed by atoms with van der Waals surface area (Å²) in [6.45, 7) is 1.32. The van der Waals surface area contributed by atoms with Crippen LogP contribution in [-0.2, 0) is 19.6 Å². The first-order chi connectivity index (χ1) is 16.6. The van der Waals surface area contributed by atoms with Gasteiger partial charge in [-0.15, -0.1) is 0 Å². The highest BCUT2D eigenvalue weighted by atomic mass is 35.5. The number of rotatable bonds is 9. The molecule has 0 aromatic heterocycles. The van der Waals surface area contributed by atoms with E-state index in [0.29, 0.717) is 10.8 Å². The second-order valence-corrected chi connectivity index (χ2v) is 9.84. The molecule has 8 nitrogen and oxygen atoms in total. The van der Waals surface area contributed by atoms with Crippen molar-refractivity contribution >= 4 is 56.5 Å². The van der Waals surface area contributed by atoms with Crippen molar-refractivity contribution in [3.63, 3.8) is 0 Å². The first-order valence-corrected chi connectivity index (χ1v) is 12.5. The van der Waals surface area contributed by atoms with Crippen molar-refractivity contribution in [3.05, 3.63) is 82.3 Å². The number of hydrogen-bond acceptors (Lipinski definition) is 6. The topological polar surface area (TPSA) is 102 Å². The van der Waals surface area contributed by atoms with Gasteiger partial charge in [0.25, 0.3) is 10.0 Å². The van der Waals surface area contributed by atoms with E-state index in [-0.39, 0.29) is 33.5 Å². The number of anilines is 2. The highest BCUT2D eigenvalue weighted by Gasteiger charge is 2.28. The molecule has 0 radical (unpaired) electrons. The summed E-state index contributed by atoms with van der Waals surface area (Å²) in [4.78, 5) is 24.8. The van der Waals surface area contributed by atoms with E-state index < -0.39 is 28.4 Å². The van der Waals surface area contributed by atoms with Crippen LogP contribution in [0.15, 0.2) is 71.6 Å². The molecule has 0 aliphatic carbocycles. The Bertz CT molecular complexity index is 1330. The summed E-state index contributed by atoms with van der Waals surface area (Å²) in [6.07, 6.45) is 0. The first-order valence-electron chi connectivity index (χ1n) is 10.3. The molecule has 3 aromatic rings. The average Bonchev–Trinajstić information content (AvgIpc) is 2.84. The van der Waals surface area contributed by atoms with Crippen LogP contribution in [0.2, 0.25) is 10.0 Å². The summed E-state index contributed by atoms with van der Waals surface area (Å²) in [5, 5.41) is 2.98. The first kappa shape index (κ1) is 26.3. The van der Waals surface area contributed by atoms with E-state index in [1.54, 1.807) is 19.1 Å². The summed E-state index contributed by atoms with van der Waals surface area (Å²) >= 11 is 12.3. The van der Waals surface area contributed by atoms with Crippen molar-refractivity contribution in [2.45, 2.75) is 11.8 Å². The van der Waals surface area contributed by atoms with E-state index in [1.165, 1.54) is 61.7 Å². The Labute approximate surface area is 213 Å². The summed E-state index contributed by atoms with van der Waals surface area (Å²) < 4.78 is 37.9. The number of methoxy groups -OCH3 is 1. The largest absolute Gasteiger partial charge is 0.497 e. The highest BCUT2D eigenvalue weighted by Crippen LogP contribution is 2.28. The van der Waals surface area contributed by atoms with E-state index in [1.807, 2.05) is 0 Å². The van der Waals surface area contributed by atoms with E-state index >= 15 is 0 Å². The quantitative estimate of drug-likeness (QED) is 0.385. The Hall–Kier alpha value is -3.27. The monoisotopic (exact) mass is 536 g/mol. The lowest BCUT2D eigenvalue weighted by atomic mass is 10.2. The minimum Gasteiger partial charge on any atom is -0.497 e. The number of nitrogens with zero attached hydrogens (tertiary/aromatic N) is 1. The normalized spacial score (nSPS) is 11.0. The fraction of sp³-hybridized carbons (Fsp3) is 0.167. The minimum atomic E-state index is -4.15. The van der Waals surface area contributed by atoms with Crippen LogP contribution in [0.3, 0.4) is 0 Å². The number of sulfonamides is 1. The fourth-order valence-corrected chi connectivity index (χ4v) is 4.92. The van der Waals surface area contributed by atoms with Crippen LogP contribution < -0.4 is 14.4 Å². The van der Waals surface area contributed by atoms with Crippen LogP contribution in [0.5, 0.6) is 5.75 Å². The Morgan fingerprint density at radius 3 is 2.31 bits per heavy atom. The van der Waals surface area contributed by atoms with Crippen molar-refractivity contribution in [1.29, 1.82) is 0 Å². The van der Waals surface area contributed by atoms with Gasteiger partial charge < -0.3 is 14.8 Å². The zero-order valence-corrected chi connectivity index (χ0v) is 21.2. The molecule has 0 aliphatic heterocycles. The van der Waals surface area contributed by atoms with Crippen molar-refractivity contribution in [2.24, 2.45) is 0 Å². The molecule has 3 rings (SSSR count). The van der Waals surface area contributed by atoms with Gasteiger partial charge in [0.15, 0.2) is 0 Å². The molecule has 1 amide bonds. The molecule has 0 saturated heterocycles. The number of carbonyl (C=O) groups is 2. The van der Waals surface area contributed by atoms with Gasteiger partial charge in [0, 0.05) is 5.02 Å². The predicted molar refractivity (Wildman–Crippen MR) is 135 cm³/mol. The number of amides is 1. The van der Waals surface area contributed by atoms with Crippen LogP contribution >= 0.6 is 23.2 Å². The lowest BCUT2D eigenvalue weighted by molar-refractivity contribution is -0.114. The Morgan fingerprint density at radius 1 is 1.00 bits per heavy atom. The number of halogens is 2. The van der Waals surface area contributed by atoms with Gasteiger partial charge in [-0.1, -0.05) is 29.3 Å². The molecule has 35 heavy (non-hydrogen) atoms. The molecule has 0 unspecified atom stereocenters. The molecular formula is C24H22Cl2N2O6S. The van der Waals surface area contributed by atoms with Crippen LogP contribution in [0.25, 0.3) is 0 Å². The third kappa shape index (κ3) is 6.45. The third-order valence-corrected chi connectivity index (χ3v) is 7.12. The summed E-state index contributed by atoms with van der Waals surface area (Å²) in [5.74, 6) is -0.727. The molecule has 0 spiro atoms. The molecule has 0 heterocycles. The van der Waals surface area contributed by atoms with Crippen molar-refractivity contribution in [3.8, 4) is 5.75 Å². The summed E-state index contributed by atoms with van der Waals surface area (Å²) in [7, 11) is -2.68. The number of ether oxygens (including phenoxy) is 2. The number of nitrogens with one attached hydrogen (secondary N) is 1. The second-order valence-electron chi connectivity index (χ2n) is 7.13. The van der Waals surface area contributed by atoms with Gasteiger partial charge >= 0.3 is 5.97 Å². The molecule has 0 atom stereocenters. The maximum atomic E-state index is 13.5. The van der Waals surface area contributed by atoms with Gasteiger partial charge in [0.2, 0.25) is 5.91 Å². The number of benzene rings is 3. The number of carbonyl (C=O) groups excluding carboxylic acids is 2. The lowest BCUT2D eigenvalue weighted by Gasteiger charge is -2.24. The van der Waals surface area contributed by atoms with Crippen LogP contribution in [0, 0.1) is 0 Å². The Kier molecular flexibility index (Phi) is 8.61. The smallest absolute Gasteiger partial charge is 0.338 e. The molecule has 11 heteroatoms. The van der Waals surface area contributed by atoms with Gasteiger partial charge in [-0.25, -0.2) is 13.2 Å². The van der Waals surface area contributed by atoms with Crippen molar-refractivity contribution in [2.75, 3.05) is 29.9 Å². The molecule has 0 aliphatic rings. The SMILES string of the molecule is CCOC(=O)c1ccc(NC(=O)CN(c2cccc(Cl)c2)S(=O)(=O)c2ccc(OC)cc2)c(Cl)c1. The average molecular weight is 537 g/mol. The zero-order valence-electron chi connectivity index (χ0n) is 18.8. The standard InChI is InChI=1S/C24H22Cl2N2O6S/c1-3-34-24(30)16-7-12-22(21(26)13-16)27-23(29)15-28(18-6-4-5-17(25)14-18)35(31,32)20-10-8-19(33-2)9-11-20/h4-14H,3,15H2,1-2H3,(H,27,29). The fourth-order valence-electron chi connectivity index (χ4n) is 3.10. The van der Waals surface area contributed by atoms with Crippen LogP contribution in [-0.4, -0.2) is 40.6 Å². The number of hydrogen-bond donors (Lipinski definition) is 1. The Balaban J connectivity index is 1.89. The predicted octanol–water partition coefficient (Wildman–Crippen LogP) is 5.01. The van der Waals surface area contributed by atoms with E-state index in [0.717, 1.165) is 4.31 Å². The van der Waals surface area contributed by atoms with Gasteiger partial charge in [-0.2, -0.15) is 0 Å². The molecule has 3 aromatic carbocycles. The molecule has 1 N–H and O–H groups in total.